The van der Waals surface area contributed by atoms with Crippen molar-refractivity contribution in [2.24, 2.45) is 0 Å². The molecular weight excluding hydrogens is 368 g/mol. The molecule has 0 spiro atoms. The molecule has 3 rings (SSSR count). The van der Waals surface area contributed by atoms with Crippen LogP contribution in [0.3, 0.4) is 0 Å². The number of aromatic nitrogens is 4. The Kier molecular flexibility index (Phi) is 6.35. The summed E-state index contributed by atoms with van der Waals surface area (Å²) in [5, 5.41) is 16.8. The number of rotatable bonds is 7. The summed E-state index contributed by atoms with van der Waals surface area (Å²) in [5.41, 5.74) is 0.706. The lowest BCUT2D eigenvalue weighted by Crippen LogP contribution is -2.44. The third kappa shape index (κ3) is 4.61. The zero-order valence-electron chi connectivity index (χ0n) is 15.6. The fraction of sp³-hybridized carbons (Fsp3) is 0.500. The lowest BCUT2D eigenvalue weighted by atomic mass is 10.3. The molecule has 0 aliphatic carbocycles. The SMILES string of the molecule is CNC(=O)Cc1cc(Nc2nc(SC)nc(N3CCNCC3)c2OC)n[nH]1. The summed E-state index contributed by atoms with van der Waals surface area (Å²) in [6, 6.07) is 1.78. The van der Waals surface area contributed by atoms with Crippen LogP contribution in [0.25, 0.3) is 0 Å². The molecule has 1 fully saturated rings. The van der Waals surface area contributed by atoms with Crippen LogP contribution in [0.1, 0.15) is 5.69 Å². The molecule has 2 aromatic rings. The number of anilines is 3. The molecule has 146 valence electrons. The number of H-pyrrole nitrogens is 1. The van der Waals surface area contributed by atoms with Crippen LogP contribution in [0.5, 0.6) is 5.75 Å². The van der Waals surface area contributed by atoms with Gasteiger partial charge in [-0.15, -0.1) is 0 Å². The van der Waals surface area contributed by atoms with E-state index in [2.05, 4.69) is 41.0 Å². The van der Waals surface area contributed by atoms with Gasteiger partial charge in [0.05, 0.1) is 13.5 Å². The van der Waals surface area contributed by atoms with Gasteiger partial charge in [0.25, 0.3) is 0 Å². The van der Waals surface area contributed by atoms with E-state index >= 15 is 0 Å². The van der Waals surface area contributed by atoms with E-state index < -0.39 is 0 Å². The third-order valence-electron chi connectivity index (χ3n) is 4.14. The van der Waals surface area contributed by atoms with Gasteiger partial charge < -0.3 is 25.6 Å². The summed E-state index contributed by atoms with van der Waals surface area (Å²) in [5.74, 6) is 2.36. The molecule has 1 amide bonds. The van der Waals surface area contributed by atoms with Crippen molar-refractivity contribution in [2.45, 2.75) is 11.6 Å². The van der Waals surface area contributed by atoms with Crippen molar-refractivity contribution in [3.8, 4) is 5.75 Å². The smallest absolute Gasteiger partial charge is 0.225 e. The lowest BCUT2D eigenvalue weighted by molar-refractivity contribution is -0.120. The maximum atomic E-state index is 11.5. The fourth-order valence-electron chi connectivity index (χ4n) is 2.77. The number of carbonyl (C=O) groups is 1. The van der Waals surface area contributed by atoms with Gasteiger partial charge in [-0.1, -0.05) is 11.8 Å². The number of thioether (sulfide) groups is 1. The molecule has 1 saturated heterocycles. The molecule has 0 aromatic carbocycles. The number of methoxy groups -OCH3 is 1. The second-order valence-electron chi connectivity index (χ2n) is 5.91. The van der Waals surface area contributed by atoms with Crippen LogP contribution >= 0.6 is 11.8 Å². The predicted molar refractivity (Wildman–Crippen MR) is 105 cm³/mol. The summed E-state index contributed by atoms with van der Waals surface area (Å²) in [7, 11) is 3.21. The van der Waals surface area contributed by atoms with E-state index in [0.29, 0.717) is 28.2 Å². The van der Waals surface area contributed by atoms with Gasteiger partial charge in [0, 0.05) is 45.0 Å². The second-order valence-corrected chi connectivity index (χ2v) is 6.68. The van der Waals surface area contributed by atoms with Gasteiger partial charge in [-0.05, 0) is 6.26 Å². The number of nitrogens with zero attached hydrogens (tertiary/aromatic N) is 4. The number of amides is 1. The highest BCUT2D eigenvalue weighted by molar-refractivity contribution is 7.98. The van der Waals surface area contributed by atoms with Crippen molar-refractivity contribution < 1.29 is 9.53 Å². The Morgan fingerprint density at radius 2 is 2.15 bits per heavy atom. The first-order valence-corrected chi connectivity index (χ1v) is 9.84. The third-order valence-corrected chi connectivity index (χ3v) is 4.69. The fourth-order valence-corrected chi connectivity index (χ4v) is 3.13. The van der Waals surface area contributed by atoms with Crippen LogP contribution in [0.15, 0.2) is 11.2 Å². The summed E-state index contributed by atoms with van der Waals surface area (Å²) >= 11 is 1.47. The van der Waals surface area contributed by atoms with Gasteiger partial charge in [0.2, 0.25) is 11.7 Å². The van der Waals surface area contributed by atoms with Gasteiger partial charge in [-0.3, -0.25) is 9.89 Å². The largest absolute Gasteiger partial charge is 0.490 e. The average Bonchev–Trinajstić information content (AvgIpc) is 3.14. The minimum Gasteiger partial charge on any atom is -0.490 e. The first-order chi connectivity index (χ1) is 13.1. The van der Waals surface area contributed by atoms with Gasteiger partial charge in [-0.2, -0.15) is 5.10 Å². The molecule has 11 heteroatoms. The normalized spacial score (nSPS) is 14.1. The van der Waals surface area contributed by atoms with Crippen molar-refractivity contribution in [1.29, 1.82) is 0 Å². The van der Waals surface area contributed by atoms with E-state index in [1.807, 2.05) is 6.26 Å². The summed E-state index contributed by atoms with van der Waals surface area (Å²) in [4.78, 5) is 22.9. The van der Waals surface area contributed by atoms with Crippen LogP contribution in [0.4, 0.5) is 17.5 Å². The highest BCUT2D eigenvalue weighted by Crippen LogP contribution is 2.36. The zero-order valence-corrected chi connectivity index (χ0v) is 16.4. The van der Waals surface area contributed by atoms with E-state index in [-0.39, 0.29) is 12.3 Å². The topological polar surface area (TPSA) is 120 Å². The Bertz CT molecular complexity index is 791. The minimum atomic E-state index is -0.0875. The second kappa shape index (κ2) is 8.91. The molecule has 10 nitrogen and oxygen atoms in total. The number of hydrogen-bond acceptors (Lipinski definition) is 9. The monoisotopic (exact) mass is 392 g/mol. The van der Waals surface area contributed by atoms with E-state index in [0.717, 1.165) is 32.0 Å². The number of ether oxygens (including phenoxy) is 1. The Balaban J connectivity index is 1.88. The van der Waals surface area contributed by atoms with Crippen LogP contribution in [-0.4, -0.2) is 72.7 Å². The van der Waals surface area contributed by atoms with Crippen LogP contribution in [0.2, 0.25) is 0 Å². The predicted octanol–water partition coefficient (Wildman–Crippen LogP) is 0.372. The van der Waals surface area contributed by atoms with E-state index in [9.17, 15) is 4.79 Å². The zero-order chi connectivity index (χ0) is 19.2. The molecule has 2 aromatic heterocycles. The Labute approximate surface area is 161 Å². The van der Waals surface area contributed by atoms with Crippen LogP contribution in [-0.2, 0) is 11.2 Å². The number of carbonyl (C=O) groups excluding carboxylic acids is 1. The van der Waals surface area contributed by atoms with E-state index in [4.69, 9.17) is 4.74 Å². The minimum absolute atomic E-state index is 0.0875. The summed E-state index contributed by atoms with van der Waals surface area (Å²) in [6.45, 7) is 3.48. The van der Waals surface area contributed by atoms with Crippen molar-refractivity contribution in [3.05, 3.63) is 11.8 Å². The van der Waals surface area contributed by atoms with E-state index in [1.165, 1.54) is 11.8 Å². The number of hydrogen-bond donors (Lipinski definition) is 4. The van der Waals surface area contributed by atoms with Crippen molar-refractivity contribution in [1.82, 2.24) is 30.8 Å². The Morgan fingerprint density at radius 3 is 2.81 bits per heavy atom. The average molecular weight is 392 g/mol. The summed E-state index contributed by atoms with van der Waals surface area (Å²) < 4.78 is 5.63. The molecular formula is C16H24N8O2S. The van der Waals surface area contributed by atoms with Crippen molar-refractivity contribution in [3.63, 3.8) is 0 Å². The molecule has 27 heavy (non-hydrogen) atoms. The van der Waals surface area contributed by atoms with Gasteiger partial charge in [0.1, 0.15) is 0 Å². The Hall–Kier alpha value is -2.53. The maximum Gasteiger partial charge on any atom is 0.225 e. The molecule has 4 N–H and O–H groups in total. The first-order valence-electron chi connectivity index (χ1n) is 8.62. The molecule has 3 heterocycles. The highest BCUT2D eigenvalue weighted by Gasteiger charge is 2.22. The van der Waals surface area contributed by atoms with Gasteiger partial charge >= 0.3 is 0 Å². The lowest BCUT2D eigenvalue weighted by Gasteiger charge is -2.30. The van der Waals surface area contributed by atoms with Crippen LogP contribution in [0, 0.1) is 0 Å². The number of nitrogens with one attached hydrogen (secondary N) is 4. The maximum absolute atomic E-state index is 11.5. The highest BCUT2D eigenvalue weighted by atomic mass is 32.2. The number of aromatic amines is 1. The molecule has 1 aliphatic heterocycles. The molecule has 0 atom stereocenters. The van der Waals surface area contributed by atoms with Crippen molar-refractivity contribution >= 4 is 35.1 Å². The first kappa shape index (κ1) is 19.2. The van der Waals surface area contributed by atoms with E-state index in [1.54, 1.807) is 20.2 Å². The standard InChI is InChI=1S/C16H24N8O2S/c1-17-12(25)9-10-8-11(23-22-10)19-14-13(26-2)15(21-16(20-14)27-3)24-6-4-18-5-7-24/h8,18H,4-7,9H2,1-3H3,(H,17,25)(H2,19,20,21,22,23). The molecule has 1 aliphatic rings. The van der Waals surface area contributed by atoms with Gasteiger partial charge in [-0.25, -0.2) is 9.97 Å². The summed E-state index contributed by atoms with van der Waals surface area (Å²) in [6.07, 6.45) is 2.16. The molecule has 0 bridgehead atoms. The Morgan fingerprint density at radius 1 is 1.37 bits per heavy atom. The number of piperazine rings is 1. The molecule has 0 radical (unpaired) electrons. The quantitative estimate of drug-likeness (QED) is 0.391. The molecule has 0 unspecified atom stereocenters. The van der Waals surface area contributed by atoms with Crippen LogP contribution < -0.4 is 25.6 Å². The van der Waals surface area contributed by atoms with Gasteiger partial charge in [0.15, 0.2) is 22.6 Å². The van der Waals surface area contributed by atoms with Crippen molar-refractivity contribution in [2.75, 3.05) is 56.8 Å². The number of likely N-dealkylation sites (N-methyl/N-ethyl adjacent to an activating group) is 1. The molecule has 0 saturated carbocycles.